The first-order valence-corrected chi connectivity index (χ1v) is 12.2. The molecule has 0 saturated heterocycles. The maximum absolute atomic E-state index is 13.0. The van der Waals surface area contributed by atoms with Crippen molar-refractivity contribution in [1.82, 2.24) is 0 Å². The van der Waals surface area contributed by atoms with E-state index in [9.17, 15) is 26.4 Å². The largest absolute Gasteiger partial charge is 0.416 e. The number of hydrogen-bond acceptors (Lipinski definition) is 3. The number of benzene rings is 3. The van der Waals surface area contributed by atoms with Crippen molar-refractivity contribution in [3.8, 4) is 11.1 Å². The molecule has 2 N–H and O–H groups in total. The average molecular weight is 500 g/mol. The SMILES string of the molecule is [C-]#[N+]C1(CS(=O)(=O)c2ccc(-c3ccccc3)c(NC(=O)Nc3cccc(C(F)(F)F)c3)c2)CC1. The Morgan fingerprint density at radius 1 is 0.971 bits per heavy atom. The van der Waals surface area contributed by atoms with Gasteiger partial charge < -0.3 is 15.5 Å². The predicted molar refractivity (Wildman–Crippen MR) is 127 cm³/mol. The lowest BCUT2D eigenvalue weighted by atomic mass is 10.0. The maximum Gasteiger partial charge on any atom is 0.416 e. The van der Waals surface area contributed by atoms with E-state index in [1.807, 2.05) is 0 Å². The van der Waals surface area contributed by atoms with Gasteiger partial charge in [-0.1, -0.05) is 42.5 Å². The zero-order valence-corrected chi connectivity index (χ0v) is 19.1. The van der Waals surface area contributed by atoms with Crippen LogP contribution in [0.25, 0.3) is 16.0 Å². The normalized spacial score (nSPS) is 14.6. The summed E-state index contributed by atoms with van der Waals surface area (Å²) in [5.41, 5.74) is -0.502. The number of urea groups is 1. The van der Waals surface area contributed by atoms with E-state index in [1.165, 1.54) is 24.3 Å². The van der Waals surface area contributed by atoms with Crippen LogP contribution in [0.4, 0.5) is 29.3 Å². The van der Waals surface area contributed by atoms with Crippen LogP contribution in [0.15, 0.2) is 77.7 Å². The fourth-order valence-corrected chi connectivity index (χ4v) is 5.42. The molecular weight excluding hydrogens is 479 g/mol. The second-order valence-corrected chi connectivity index (χ2v) is 10.3. The van der Waals surface area contributed by atoms with Crippen molar-refractivity contribution in [2.75, 3.05) is 16.4 Å². The highest BCUT2D eigenvalue weighted by molar-refractivity contribution is 7.91. The monoisotopic (exact) mass is 499 g/mol. The predicted octanol–water partition coefficient (Wildman–Crippen LogP) is 6.24. The van der Waals surface area contributed by atoms with E-state index in [1.54, 1.807) is 36.4 Å². The minimum atomic E-state index is -4.57. The van der Waals surface area contributed by atoms with Crippen LogP contribution >= 0.6 is 0 Å². The Morgan fingerprint density at radius 2 is 1.69 bits per heavy atom. The fourth-order valence-electron chi connectivity index (χ4n) is 3.62. The second kappa shape index (κ2) is 9.07. The molecule has 0 bridgehead atoms. The summed E-state index contributed by atoms with van der Waals surface area (Å²) in [4.78, 5) is 16.1. The van der Waals surface area contributed by atoms with Crippen molar-refractivity contribution in [1.29, 1.82) is 0 Å². The number of carbonyl (C=O) groups is 1. The topological polar surface area (TPSA) is 79.6 Å². The van der Waals surface area contributed by atoms with Crippen LogP contribution in [0.2, 0.25) is 0 Å². The molecular formula is C25H20F3N3O3S. The van der Waals surface area contributed by atoms with E-state index >= 15 is 0 Å². The quantitative estimate of drug-likeness (QED) is 0.394. The molecule has 180 valence electrons. The zero-order valence-electron chi connectivity index (χ0n) is 18.3. The molecule has 6 nitrogen and oxygen atoms in total. The van der Waals surface area contributed by atoms with E-state index in [0.717, 1.165) is 12.1 Å². The van der Waals surface area contributed by atoms with Crippen molar-refractivity contribution in [3.63, 3.8) is 0 Å². The van der Waals surface area contributed by atoms with E-state index in [4.69, 9.17) is 6.57 Å². The van der Waals surface area contributed by atoms with Gasteiger partial charge in [0.15, 0.2) is 9.84 Å². The number of nitrogens with zero attached hydrogens (tertiary/aromatic N) is 1. The molecule has 2 amide bonds. The zero-order chi connectivity index (χ0) is 25.3. The molecule has 0 unspecified atom stereocenters. The summed E-state index contributed by atoms with van der Waals surface area (Å²) in [5, 5.41) is 4.92. The number of halogens is 3. The molecule has 0 aromatic heterocycles. The lowest BCUT2D eigenvalue weighted by Crippen LogP contribution is -2.22. The molecule has 0 spiro atoms. The molecule has 4 rings (SSSR count). The van der Waals surface area contributed by atoms with Crippen LogP contribution in [0.3, 0.4) is 0 Å². The number of amides is 2. The molecule has 3 aromatic rings. The first-order chi connectivity index (χ1) is 16.5. The number of sulfone groups is 1. The number of nitrogens with one attached hydrogen (secondary N) is 2. The molecule has 0 aliphatic heterocycles. The molecule has 1 aliphatic carbocycles. The van der Waals surface area contributed by atoms with Crippen molar-refractivity contribution in [2.24, 2.45) is 0 Å². The van der Waals surface area contributed by atoms with Gasteiger partial charge in [-0.15, -0.1) is 0 Å². The van der Waals surface area contributed by atoms with Crippen molar-refractivity contribution in [3.05, 3.63) is 89.8 Å². The summed E-state index contributed by atoms with van der Waals surface area (Å²) in [5.74, 6) is -0.315. The van der Waals surface area contributed by atoms with Gasteiger partial charge in [0.25, 0.3) is 0 Å². The smallest absolute Gasteiger partial charge is 0.309 e. The Labute approximate surface area is 200 Å². The van der Waals surface area contributed by atoms with E-state index in [-0.39, 0.29) is 22.0 Å². The van der Waals surface area contributed by atoms with E-state index in [0.29, 0.717) is 24.0 Å². The lowest BCUT2D eigenvalue weighted by Gasteiger charge is -2.15. The van der Waals surface area contributed by atoms with Gasteiger partial charge in [0.05, 0.1) is 16.1 Å². The summed E-state index contributed by atoms with van der Waals surface area (Å²) in [6, 6.07) is 16.5. The number of anilines is 2. The number of rotatable bonds is 6. The van der Waals surface area contributed by atoms with Crippen LogP contribution in [0.5, 0.6) is 0 Å². The summed E-state index contributed by atoms with van der Waals surface area (Å²) >= 11 is 0. The standard InChI is InChI=1S/C25H20F3N3O3S/c1-29-24(12-13-24)16-35(33,34)20-10-11-21(17-6-3-2-4-7-17)22(15-20)31-23(32)30-19-9-5-8-18(14-19)25(26,27)28/h2-11,14-15H,12-13,16H2,(H2,30,31,32). The molecule has 1 saturated carbocycles. The van der Waals surface area contributed by atoms with Crippen LogP contribution in [-0.4, -0.2) is 25.7 Å². The highest BCUT2D eigenvalue weighted by Gasteiger charge is 2.54. The molecule has 1 fully saturated rings. The van der Waals surface area contributed by atoms with Gasteiger partial charge in [0.2, 0.25) is 5.54 Å². The highest BCUT2D eigenvalue weighted by Crippen LogP contribution is 2.42. The van der Waals surface area contributed by atoms with E-state index in [2.05, 4.69) is 15.5 Å². The summed E-state index contributed by atoms with van der Waals surface area (Å²) in [6.07, 6.45) is -3.54. The molecule has 0 atom stereocenters. The Kier molecular flexibility index (Phi) is 6.30. The Morgan fingerprint density at radius 3 is 2.31 bits per heavy atom. The van der Waals surface area contributed by atoms with Crippen LogP contribution < -0.4 is 10.6 Å². The Balaban J connectivity index is 1.65. The van der Waals surface area contributed by atoms with Gasteiger partial charge in [-0.3, -0.25) is 0 Å². The third kappa shape index (κ3) is 5.63. The van der Waals surface area contributed by atoms with Gasteiger partial charge in [-0.2, -0.15) is 13.2 Å². The van der Waals surface area contributed by atoms with Crippen LogP contribution in [-0.2, 0) is 16.0 Å². The van der Waals surface area contributed by atoms with Crippen molar-refractivity contribution >= 4 is 27.2 Å². The minimum Gasteiger partial charge on any atom is -0.309 e. The Hall–Kier alpha value is -3.84. The summed E-state index contributed by atoms with van der Waals surface area (Å²) < 4.78 is 64.9. The second-order valence-electron chi connectivity index (χ2n) is 8.33. The van der Waals surface area contributed by atoms with Crippen LogP contribution in [0.1, 0.15) is 18.4 Å². The summed E-state index contributed by atoms with van der Waals surface area (Å²) in [6.45, 7) is 7.28. The van der Waals surface area contributed by atoms with Gasteiger partial charge in [-0.25, -0.2) is 19.8 Å². The fraction of sp³-hybridized carbons (Fsp3) is 0.200. The van der Waals surface area contributed by atoms with Gasteiger partial charge in [0, 0.05) is 24.1 Å². The molecule has 0 radical (unpaired) electrons. The van der Waals surface area contributed by atoms with Gasteiger partial charge in [-0.05, 0) is 35.9 Å². The maximum atomic E-state index is 13.0. The molecule has 0 heterocycles. The highest BCUT2D eigenvalue weighted by atomic mass is 32.2. The number of hydrogen-bond donors (Lipinski definition) is 2. The lowest BCUT2D eigenvalue weighted by molar-refractivity contribution is -0.137. The number of alkyl halides is 3. The van der Waals surface area contributed by atoms with Crippen molar-refractivity contribution in [2.45, 2.75) is 29.5 Å². The third-order valence-electron chi connectivity index (χ3n) is 5.65. The first kappa shape index (κ1) is 24.3. The third-order valence-corrected chi connectivity index (χ3v) is 7.54. The van der Waals surface area contributed by atoms with Crippen LogP contribution in [0, 0.1) is 6.57 Å². The molecule has 3 aromatic carbocycles. The number of carbonyl (C=O) groups excluding carboxylic acids is 1. The van der Waals surface area contributed by atoms with E-state index < -0.39 is 33.1 Å². The summed E-state index contributed by atoms with van der Waals surface area (Å²) in [7, 11) is -3.82. The minimum absolute atomic E-state index is 0.0542. The average Bonchev–Trinajstić information content (AvgIpc) is 3.58. The van der Waals surface area contributed by atoms with Gasteiger partial charge >= 0.3 is 12.2 Å². The van der Waals surface area contributed by atoms with Gasteiger partial charge in [0.1, 0.15) is 5.75 Å². The molecule has 1 aliphatic rings. The van der Waals surface area contributed by atoms with Crippen molar-refractivity contribution < 1.29 is 26.4 Å². The Bertz CT molecular complexity index is 1410. The molecule has 10 heteroatoms. The first-order valence-electron chi connectivity index (χ1n) is 10.6. The molecule has 35 heavy (non-hydrogen) atoms.